The van der Waals surface area contributed by atoms with Crippen LogP contribution in [-0.4, -0.2) is 18.3 Å². The van der Waals surface area contributed by atoms with E-state index in [1.807, 2.05) is 0 Å². The van der Waals surface area contributed by atoms with Gasteiger partial charge >= 0.3 is 5.97 Å². The van der Waals surface area contributed by atoms with Crippen molar-refractivity contribution in [2.75, 3.05) is 7.11 Å². The second-order valence-corrected chi connectivity index (χ2v) is 3.96. The first-order valence-electron chi connectivity index (χ1n) is 5.40. The molecular formula is C11H19ClO3. The van der Waals surface area contributed by atoms with Gasteiger partial charge in [0.2, 0.25) is 5.24 Å². The van der Waals surface area contributed by atoms with Gasteiger partial charge in [-0.15, -0.1) is 0 Å². The van der Waals surface area contributed by atoms with E-state index in [4.69, 9.17) is 11.6 Å². The first kappa shape index (κ1) is 14.4. The average molecular weight is 235 g/mol. The summed E-state index contributed by atoms with van der Waals surface area (Å²) in [7, 11) is 1.27. The number of hydrogen-bond donors (Lipinski definition) is 0. The maximum Gasteiger partial charge on any atom is 0.317 e. The molecule has 0 aromatic carbocycles. The Kier molecular flexibility index (Phi) is 8.38. The van der Waals surface area contributed by atoms with E-state index >= 15 is 0 Å². The minimum atomic E-state index is -0.779. The number of methoxy groups -OCH3 is 1. The first-order chi connectivity index (χ1) is 7.13. The lowest BCUT2D eigenvalue weighted by Crippen LogP contribution is -2.21. The zero-order chi connectivity index (χ0) is 11.7. The minimum Gasteiger partial charge on any atom is -0.468 e. The molecule has 1 atom stereocenters. The lowest BCUT2D eigenvalue weighted by molar-refractivity contribution is -0.147. The van der Waals surface area contributed by atoms with E-state index in [2.05, 4.69) is 11.7 Å². The molecule has 0 bridgehead atoms. The van der Waals surface area contributed by atoms with Crippen LogP contribution in [0.5, 0.6) is 0 Å². The lowest BCUT2D eigenvalue weighted by Gasteiger charge is -2.09. The zero-order valence-corrected chi connectivity index (χ0v) is 10.2. The zero-order valence-electron chi connectivity index (χ0n) is 9.42. The van der Waals surface area contributed by atoms with Crippen LogP contribution in [0.25, 0.3) is 0 Å². The Balaban J connectivity index is 3.77. The summed E-state index contributed by atoms with van der Waals surface area (Å²) in [6.07, 6.45) is 5.88. The van der Waals surface area contributed by atoms with Gasteiger partial charge in [0, 0.05) is 0 Å². The second kappa shape index (κ2) is 8.72. The predicted molar refractivity (Wildman–Crippen MR) is 59.7 cm³/mol. The molecule has 0 N–H and O–H groups in total. The highest BCUT2D eigenvalue weighted by Crippen LogP contribution is 2.15. The van der Waals surface area contributed by atoms with Gasteiger partial charge in [-0.2, -0.15) is 0 Å². The fourth-order valence-corrected chi connectivity index (χ4v) is 1.62. The standard InChI is InChI=1S/C11H19ClO3/c1-3-4-5-6-7-8-9(10(12)13)11(14)15-2/h9H,3-8H2,1-2H3. The van der Waals surface area contributed by atoms with Crippen molar-refractivity contribution >= 4 is 22.8 Å². The van der Waals surface area contributed by atoms with E-state index in [-0.39, 0.29) is 0 Å². The Morgan fingerprint density at radius 1 is 1.20 bits per heavy atom. The fraction of sp³-hybridized carbons (Fsp3) is 0.818. The van der Waals surface area contributed by atoms with Crippen LogP contribution < -0.4 is 0 Å². The number of carbonyl (C=O) groups is 2. The Morgan fingerprint density at radius 2 is 1.80 bits per heavy atom. The minimum absolute atomic E-state index is 0.499. The monoisotopic (exact) mass is 234 g/mol. The van der Waals surface area contributed by atoms with E-state index in [9.17, 15) is 9.59 Å². The highest BCUT2D eigenvalue weighted by molar-refractivity contribution is 6.65. The summed E-state index contributed by atoms with van der Waals surface area (Å²) >= 11 is 5.32. The smallest absolute Gasteiger partial charge is 0.317 e. The summed E-state index contributed by atoms with van der Waals surface area (Å²) in [4.78, 5) is 22.1. The van der Waals surface area contributed by atoms with Crippen LogP contribution in [0.1, 0.15) is 45.4 Å². The van der Waals surface area contributed by atoms with Crippen LogP contribution in [0, 0.1) is 5.92 Å². The molecule has 3 nitrogen and oxygen atoms in total. The van der Waals surface area contributed by atoms with Gasteiger partial charge in [0.1, 0.15) is 5.92 Å². The largest absolute Gasteiger partial charge is 0.468 e. The highest BCUT2D eigenvalue weighted by Gasteiger charge is 2.24. The molecule has 4 heteroatoms. The van der Waals surface area contributed by atoms with Gasteiger partial charge in [0.25, 0.3) is 0 Å². The van der Waals surface area contributed by atoms with Crippen molar-refractivity contribution in [3.63, 3.8) is 0 Å². The van der Waals surface area contributed by atoms with Crippen molar-refractivity contribution in [3.8, 4) is 0 Å². The van der Waals surface area contributed by atoms with Gasteiger partial charge in [-0.25, -0.2) is 0 Å². The number of unbranched alkanes of at least 4 members (excludes halogenated alkanes) is 4. The molecule has 1 unspecified atom stereocenters. The number of halogens is 1. The molecule has 0 aliphatic rings. The van der Waals surface area contributed by atoms with Gasteiger partial charge < -0.3 is 4.74 Å². The van der Waals surface area contributed by atoms with Crippen LogP contribution in [0.2, 0.25) is 0 Å². The summed E-state index contributed by atoms with van der Waals surface area (Å²) in [5.41, 5.74) is 0. The van der Waals surface area contributed by atoms with Crippen LogP contribution >= 0.6 is 11.6 Å². The van der Waals surface area contributed by atoms with E-state index in [1.54, 1.807) is 0 Å². The summed E-state index contributed by atoms with van der Waals surface area (Å²) in [5.74, 6) is -1.30. The van der Waals surface area contributed by atoms with E-state index in [0.717, 1.165) is 19.3 Å². The maximum absolute atomic E-state index is 11.1. The molecule has 0 saturated heterocycles. The van der Waals surface area contributed by atoms with Crippen LogP contribution in [0.4, 0.5) is 0 Å². The van der Waals surface area contributed by atoms with Crippen molar-refractivity contribution in [3.05, 3.63) is 0 Å². The van der Waals surface area contributed by atoms with Crippen molar-refractivity contribution in [1.82, 2.24) is 0 Å². The fourth-order valence-electron chi connectivity index (χ4n) is 1.42. The average Bonchev–Trinajstić information content (AvgIpc) is 2.22. The SMILES string of the molecule is CCCCCCCC(C(=O)Cl)C(=O)OC. The Hall–Kier alpha value is -0.570. The van der Waals surface area contributed by atoms with Gasteiger partial charge in [-0.05, 0) is 18.0 Å². The predicted octanol–water partition coefficient (Wildman–Crippen LogP) is 2.90. The molecule has 0 fully saturated rings. The Labute approximate surface area is 96.1 Å². The normalized spacial score (nSPS) is 12.2. The Bertz CT molecular complexity index is 204. The third-order valence-corrected chi connectivity index (χ3v) is 2.62. The molecule has 0 aliphatic heterocycles. The molecule has 0 aromatic rings. The summed E-state index contributed by atoms with van der Waals surface area (Å²) in [6, 6.07) is 0. The van der Waals surface area contributed by atoms with Crippen molar-refractivity contribution < 1.29 is 14.3 Å². The van der Waals surface area contributed by atoms with E-state index < -0.39 is 17.1 Å². The highest BCUT2D eigenvalue weighted by atomic mass is 35.5. The molecule has 0 spiro atoms. The van der Waals surface area contributed by atoms with E-state index in [1.165, 1.54) is 20.0 Å². The van der Waals surface area contributed by atoms with Gasteiger partial charge in [0.15, 0.2) is 0 Å². The lowest BCUT2D eigenvalue weighted by atomic mass is 10.0. The Morgan fingerprint density at radius 3 is 2.27 bits per heavy atom. The number of ether oxygens (including phenoxy) is 1. The van der Waals surface area contributed by atoms with Gasteiger partial charge in [-0.3, -0.25) is 9.59 Å². The second-order valence-electron chi connectivity index (χ2n) is 3.58. The third-order valence-electron chi connectivity index (χ3n) is 2.36. The molecule has 0 radical (unpaired) electrons. The number of esters is 1. The number of rotatable bonds is 8. The molecule has 0 amide bonds. The molecule has 0 aromatic heterocycles. The van der Waals surface area contributed by atoms with Crippen molar-refractivity contribution in [2.45, 2.75) is 45.4 Å². The maximum atomic E-state index is 11.1. The van der Waals surface area contributed by atoms with Crippen LogP contribution in [0.15, 0.2) is 0 Å². The van der Waals surface area contributed by atoms with Crippen molar-refractivity contribution in [2.24, 2.45) is 5.92 Å². The molecule has 15 heavy (non-hydrogen) atoms. The quantitative estimate of drug-likeness (QED) is 0.281. The van der Waals surface area contributed by atoms with Crippen LogP contribution in [0.3, 0.4) is 0 Å². The van der Waals surface area contributed by atoms with Crippen LogP contribution in [-0.2, 0) is 14.3 Å². The topological polar surface area (TPSA) is 43.4 Å². The molecule has 88 valence electrons. The summed E-state index contributed by atoms with van der Waals surface area (Å²) in [6.45, 7) is 2.14. The number of carbonyl (C=O) groups excluding carboxylic acids is 2. The molecular weight excluding hydrogens is 216 g/mol. The molecule has 0 rings (SSSR count). The van der Waals surface area contributed by atoms with Gasteiger partial charge in [-0.1, -0.05) is 39.0 Å². The van der Waals surface area contributed by atoms with Gasteiger partial charge in [0.05, 0.1) is 7.11 Å². The van der Waals surface area contributed by atoms with Crippen molar-refractivity contribution in [1.29, 1.82) is 0 Å². The summed E-state index contributed by atoms with van der Waals surface area (Å²) < 4.78 is 4.51. The molecule has 0 aliphatic carbocycles. The first-order valence-corrected chi connectivity index (χ1v) is 5.78. The number of hydrogen-bond acceptors (Lipinski definition) is 3. The molecule has 0 saturated carbocycles. The third kappa shape index (κ3) is 6.50. The molecule has 0 heterocycles. The summed E-state index contributed by atoms with van der Waals surface area (Å²) in [5, 5.41) is -0.614. The van der Waals surface area contributed by atoms with E-state index in [0.29, 0.717) is 6.42 Å².